The minimum absolute atomic E-state index is 0.101. The van der Waals surface area contributed by atoms with Crippen molar-refractivity contribution in [1.82, 2.24) is 15.0 Å². The highest BCUT2D eigenvalue weighted by Gasteiger charge is 2.33. The van der Waals surface area contributed by atoms with Gasteiger partial charge in [0.25, 0.3) is 0 Å². The summed E-state index contributed by atoms with van der Waals surface area (Å²) in [6, 6.07) is 49.2. The van der Waals surface area contributed by atoms with Gasteiger partial charge in [-0.25, -0.2) is 15.0 Å². The topological polar surface area (TPSA) is 65.0 Å². The van der Waals surface area contributed by atoms with Gasteiger partial charge < -0.3 is 8.83 Å². The van der Waals surface area contributed by atoms with Gasteiger partial charge in [0.15, 0.2) is 17.5 Å². The Balaban J connectivity index is 1.38. The van der Waals surface area contributed by atoms with Gasteiger partial charge in [-0.05, 0) is 79.8 Å². The SMILES string of the molecule is CC(C)(C)c1cc(C(C)(C)C)c2oc3c(C(C)(C)C)cc(C(C)(C)C)c(-c4cc(-c5nc(-c6ccccc6)nc(-c6ccccc6)n5)cc(-c5cccc6c5oc5ccccc56)c4)c3c2c1. The molecule has 0 N–H and O–H groups in total. The fourth-order valence-corrected chi connectivity index (χ4v) is 9.46. The number of nitrogens with zero attached hydrogens (tertiary/aromatic N) is 3. The van der Waals surface area contributed by atoms with Crippen molar-refractivity contribution in [3.05, 3.63) is 162 Å². The highest BCUT2D eigenvalue weighted by Crippen LogP contribution is 2.51. The molecule has 10 aromatic rings. The third-order valence-corrected chi connectivity index (χ3v) is 13.0. The number of furan rings is 2. The molecule has 0 saturated carbocycles. The smallest absolute Gasteiger partial charge is 0.164 e. The quantitative estimate of drug-likeness (QED) is 0.172. The van der Waals surface area contributed by atoms with E-state index in [1.54, 1.807) is 0 Å². The van der Waals surface area contributed by atoms with E-state index in [2.05, 4.69) is 174 Å². The van der Waals surface area contributed by atoms with E-state index in [4.69, 9.17) is 23.8 Å². The van der Waals surface area contributed by atoms with Crippen LogP contribution >= 0.6 is 0 Å². The molecule has 0 fully saturated rings. The van der Waals surface area contributed by atoms with Crippen molar-refractivity contribution in [2.75, 3.05) is 0 Å². The van der Waals surface area contributed by atoms with Gasteiger partial charge in [-0.3, -0.25) is 0 Å². The molecule has 0 aliphatic heterocycles. The molecule has 0 aliphatic rings. The van der Waals surface area contributed by atoms with Gasteiger partial charge in [0.1, 0.15) is 22.3 Å². The van der Waals surface area contributed by atoms with Gasteiger partial charge in [0.2, 0.25) is 0 Å². The average Bonchev–Trinajstić information content (AvgIpc) is 3.86. The summed E-state index contributed by atoms with van der Waals surface area (Å²) in [4.78, 5) is 15.7. The Kier molecular flexibility index (Phi) is 10.0. The number of benzene rings is 7. The van der Waals surface area contributed by atoms with Crippen LogP contribution in [0, 0.1) is 0 Å². The van der Waals surface area contributed by atoms with Crippen molar-refractivity contribution in [3.8, 4) is 56.4 Å². The number of hydrogen-bond donors (Lipinski definition) is 0. The van der Waals surface area contributed by atoms with Gasteiger partial charge in [-0.1, -0.05) is 192 Å². The monoisotopic (exact) mass is 865 g/mol. The summed E-state index contributed by atoms with van der Waals surface area (Å²) in [6.07, 6.45) is 0. The zero-order chi connectivity index (χ0) is 46.5. The molecule has 0 bridgehead atoms. The normalized spacial score (nSPS) is 12.8. The van der Waals surface area contributed by atoms with Gasteiger partial charge >= 0.3 is 0 Å². The van der Waals surface area contributed by atoms with E-state index >= 15 is 0 Å². The molecule has 330 valence electrons. The Bertz CT molecular complexity index is 3430. The molecule has 0 spiro atoms. The summed E-state index contributed by atoms with van der Waals surface area (Å²) in [6.45, 7) is 27.7. The van der Waals surface area contributed by atoms with Crippen LogP contribution in [0.5, 0.6) is 0 Å². The lowest BCUT2D eigenvalue weighted by molar-refractivity contribution is 0.547. The fraction of sp³-hybridized carbons (Fsp3) is 0.262. The number of rotatable bonds is 5. The Morgan fingerprint density at radius 1 is 0.348 bits per heavy atom. The lowest BCUT2D eigenvalue weighted by Gasteiger charge is -2.29. The maximum absolute atomic E-state index is 7.37. The van der Waals surface area contributed by atoms with E-state index in [-0.39, 0.29) is 21.7 Å². The van der Waals surface area contributed by atoms with Gasteiger partial charge in [-0.2, -0.15) is 0 Å². The summed E-state index contributed by atoms with van der Waals surface area (Å²) in [5.74, 6) is 1.82. The Morgan fingerprint density at radius 2 is 0.864 bits per heavy atom. The van der Waals surface area contributed by atoms with E-state index in [0.717, 1.165) is 82.8 Å². The molecule has 66 heavy (non-hydrogen) atoms. The van der Waals surface area contributed by atoms with Gasteiger partial charge in [0, 0.05) is 54.9 Å². The number of para-hydroxylation sites is 2. The van der Waals surface area contributed by atoms with Crippen LogP contribution in [0.15, 0.2) is 148 Å². The molecule has 3 aromatic heterocycles. The minimum Gasteiger partial charge on any atom is -0.455 e. The second-order valence-corrected chi connectivity index (χ2v) is 22.2. The van der Waals surface area contributed by atoms with E-state index in [1.807, 2.05) is 48.5 Å². The summed E-state index contributed by atoms with van der Waals surface area (Å²) in [5, 5.41) is 4.44. The molecule has 3 heterocycles. The highest BCUT2D eigenvalue weighted by atomic mass is 16.3. The van der Waals surface area contributed by atoms with Crippen LogP contribution in [0.3, 0.4) is 0 Å². The first-order valence-electron chi connectivity index (χ1n) is 23.3. The highest BCUT2D eigenvalue weighted by molar-refractivity contribution is 6.16. The van der Waals surface area contributed by atoms with Crippen LogP contribution in [0.2, 0.25) is 0 Å². The molecule has 0 amide bonds. The van der Waals surface area contributed by atoms with Crippen molar-refractivity contribution in [1.29, 1.82) is 0 Å². The van der Waals surface area contributed by atoms with E-state index in [1.165, 1.54) is 22.3 Å². The zero-order valence-electron chi connectivity index (χ0n) is 40.4. The van der Waals surface area contributed by atoms with E-state index in [0.29, 0.717) is 17.5 Å². The molecule has 5 nitrogen and oxygen atoms in total. The van der Waals surface area contributed by atoms with Crippen LogP contribution in [0.25, 0.3) is 100 Å². The van der Waals surface area contributed by atoms with Crippen molar-refractivity contribution >= 4 is 43.9 Å². The zero-order valence-corrected chi connectivity index (χ0v) is 40.4. The van der Waals surface area contributed by atoms with Crippen LogP contribution in [0.1, 0.15) is 105 Å². The van der Waals surface area contributed by atoms with Crippen molar-refractivity contribution < 1.29 is 8.83 Å². The summed E-state index contributed by atoms with van der Waals surface area (Å²) in [5.41, 5.74) is 14.7. The second-order valence-electron chi connectivity index (χ2n) is 22.2. The molecular formula is C61H59N3O2. The number of aromatic nitrogens is 3. The predicted octanol–water partition coefficient (Wildman–Crippen LogP) is 17.2. The Morgan fingerprint density at radius 3 is 1.45 bits per heavy atom. The molecule has 0 atom stereocenters. The molecule has 0 unspecified atom stereocenters. The molecule has 10 rings (SSSR count). The largest absolute Gasteiger partial charge is 0.455 e. The summed E-state index contributed by atoms with van der Waals surface area (Å²) in [7, 11) is 0. The second kappa shape index (κ2) is 15.4. The van der Waals surface area contributed by atoms with Crippen molar-refractivity contribution in [3.63, 3.8) is 0 Å². The minimum atomic E-state index is -0.259. The fourth-order valence-electron chi connectivity index (χ4n) is 9.46. The lowest BCUT2D eigenvalue weighted by atomic mass is 9.74. The third-order valence-electron chi connectivity index (χ3n) is 13.0. The first-order valence-corrected chi connectivity index (χ1v) is 23.3. The summed E-state index contributed by atoms with van der Waals surface area (Å²) < 4.78 is 14.1. The van der Waals surface area contributed by atoms with Crippen molar-refractivity contribution in [2.24, 2.45) is 0 Å². The third kappa shape index (κ3) is 7.58. The molecule has 0 aliphatic carbocycles. The first kappa shape index (κ1) is 43.1. The van der Waals surface area contributed by atoms with E-state index < -0.39 is 0 Å². The van der Waals surface area contributed by atoms with Crippen LogP contribution in [-0.2, 0) is 21.7 Å². The molecule has 7 aromatic carbocycles. The lowest BCUT2D eigenvalue weighted by Crippen LogP contribution is -2.18. The Labute approximate surface area is 389 Å². The van der Waals surface area contributed by atoms with Crippen LogP contribution in [-0.4, -0.2) is 15.0 Å². The van der Waals surface area contributed by atoms with Crippen molar-refractivity contribution in [2.45, 2.75) is 105 Å². The van der Waals surface area contributed by atoms with Crippen LogP contribution < -0.4 is 0 Å². The molecular weight excluding hydrogens is 807 g/mol. The molecule has 0 saturated heterocycles. The van der Waals surface area contributed by atoms with Gasteiger partial charge in [0.05, 0.1) is 0 Å². The van der Waals surface area contributed by atoms with Crippen LogP contribution in [0.4, 0.5) is 0 Å². The van der Waals surface area contributed by atoms with Gasteiger partial charge in [-0.15, -0.1) is 0 Å². The maximum atomic E-state index is 7.37. The predicted molar refractivity (Wildman–Crippen MR) is 276 cm³/mol. The Hall–Kier alpha value is -6.85. The maximum Gasteiger partial charge on any atom is 0.164 e. The number of fused-ring (bicyclic) bond motifs is 6. The summed E-state index contributed by atoms with van der Waals surface area (Å²) >= 11 is 0. The molecule has 0 radical (unpaired) electrons. The van der Waals surface area contributed by atoms with E-state index in [9.17, 15) is 0 Å². The molecule has 5 heteroatoms. The first-order chi connectivity index (χ1) is 31.2. The number of hydrogen-bond acceptors (Lipinski definition) is 5. The average molecular weight is 866 g/mol. The standard InChI is InChI=1S/C61H59N3O2/c1-58(2,3)41-33-45-51-50(46(59(4,5)6)35-48(61(10,11)12)54(51)66-53(45)47(34-41)60(7,8)9)39-30-38(42-27-21-28-44-43-26-19-20-29-49(43)65-52(42)44)31-40(32-39)57-63-55(36-22-15-13-16-23-36)62-56(64-57)37-24-17-14-18-25-37/h13-35H,1-12H3.